The van der Waals surface area contributed by atoms with Gasteiger partial charge in [-0.1, -0.05) is 60.2 Å². The highest BCUT2D eigenvalue weighted by Crippen LogP contribution is 2.33. The molecule has 0 radical (unpaired) electrons. The first-order valence-corrected chi connectivity index (χ1v) is 14.4. The fraction of sp³-hybridized carbons (Fsp3) is 0.333. The minimum atomic E-state index is -1.02. The predicted molar refractivity (Wildman–Crippen MR) is 160 cm³/mol. The van der Waals surface area contributed by atoms with E-state index in [9.17, 15) is 24.3 Å². The minimum absolute atomic E-state index is 0.173. The van der Waals surface area contributed by atoms with E-state index in [1.54, 1.807) is 12.1 Å². The molecular formula is C33H36N4O5. The van der Waals surface area contributed by atoms with Crippen LogP contribution < -0.4 is 15.5 Å². The number of amides is 3. The summed E-state index contributed by atoms with van der Waals surface area (Å²) < 4.78 is 0. The van der Waals surface area contributed by atoms with Crippen LogP contribution in [-0.2, 0) is 20.8 Å². The fourth-order valence-corrected chi connectivity index (χ4v) is 5.25. The van der Waals surface area contributed by atoms with Gasteiger partial charge in [0.05, 0.1) is 30.3 Å². The molecule has 1 unspecified atom stereocenters. The van der Waals surface area contributed by atoms with Crippen molar-refractivity contribution in [3.63, 3.8) is 0 Å². The highest BCUT2D eigenvalue weighted by Gasteiger charge is 2.35. The number of carboxylic acid groups (broad SMARTS) is 1. The molecule has 9 nitrogen and oxygen atoms in total. The van der Waals surface area contributed by atoms with Crippen molar-refractivity contribution in [3.05, 3.63) is 95.1 Å². The van der Waals surface area contributed by atoms with Gasteiger partial charge < -0.3 is 25.5 Å². The molecule has 9 heteroatoms. The molecule has 0 aromatic heterocycles. The maximum atomic E-state index is 13.4. The van der Waals surface area contributed by atoms with Crippen molar-refractivity contribution in [1.29, 1.82) is 0 Å². The molecule has 1 saturated carbocycles. The van der Waals surface area contributed by atoms with Gasteiger partial charge >= 0.3 is 5.97 Å². The third-order valence-electron chi connectivity index (χ3n) is 7.76. The van der Waals surface area contributed by atoms with E-state index in [1.807, 2.05) is 72.5 Å². The Kier molecular flexibility index (Phi) is 8.85. The van der Waals surface area contributed by atoms with Gasteiger partial charge in [0, 0.05) is 37.7 Å². The summed E-state index contributed by atoms with van der Waals surface area (Å²) in [7, 11) is 0. The quantitative estimate of drug-likeness (QED) is 0.338. The highest BCUT2D eigenvalue weighted by atomic mass is 16.4. The van der Waals surface area contributed by atoms with Crippen molar-refractivity contribution in [2.75, 3.05) is 36.4 Å². The second-order valence-electron chi connectivity index (χ2n) is 11.1. The topological polar surface area (TPSA) is 119 Å². The standard InChI is InChI=1S/C33H36N4O5/c1-22-7-9-24(10-8-22)27(21-31(39)40)35-32(41)26-13-14-29(36-15-17-37(18-16-36)33(42)25-11-12-25)28(20-26)34-30(38)19-23-5-3-2-4-6-23/h2-10,13-14,20,25,27H,11-12,15-19,21H2,1H3,(H,34,38)(H,35,41)(H,39,40). The number of anilines is 2. The number of aryl methyl sites for hydroxylation is 1. The summed E-state index contributed by atoms with van der Waals surface area (Å²) in [6.45, 7) is 4.36. The largest absolute Gasteiger partial charge is 0.481 e. The van der Waals surface area contributed by atoms with Crippen LogP contribution in [0.4, 0.5) is 11.4 Å². The molecule has 218 valence electrons. The summed E-state index contributed by atoms with van der Waals surface area (Å²) in [5.41, 5.74) is 4.17. The molecule has 3 amide bonds. The summed E-state index contributed by atoms with van der Waals surface area (Å²) in [6, 6.07) is 21.2. The molecule has 3 aromatic carbocycles. The number of benzene rings is 3. The average molecular weight is 569 g/mol. The Bertz CT molecular complexity index is 1450. The third-order valence-corrected chi connectivity index (χ3v) is 7.76. The zero-order valence-electron chi connectivity index (χ0n) is 23.7. The Morgan fingerprint density at radius 1 is 0.905 bits per heavy atom. The lowest BCUT2D eigenvalue weighted by Crippen LogP contribution is -2.49. The number of nitrogens with zero attached hydrogens (tertiary/aromatic N) is 2. The Hall–Kier alpha value is -4.66. The maximum Gasteiger partial charge on any atom is 0.305 e. The number of hydrogen-bond acceptors (Lipinski definition) is 5. The van der Waals surface area contributed by atoms with Gasteiger partial charge in [0.1, 0.15) is 0 Å². The van der Waals surface area contributed by atoms with Gasteiger partial charge in [-0.15, -0.1) is 0 Å². The molecule has 3 N–H and O–H groups in total. The monoisotopic (exact) mass is 568 g/mol. The lowest BCUT2D eigenvalue weighted by atomic mass is 10.0. The number of hydrogen-bond donors (Lipinski definition) is 3. The van der Waals surface area contributed by atoms with Gasteiger partial charge in [0.15, 0.2) is 0 Å². The first kappa shape index (κ1) is 28.9. The number of piperazine rings is 1. The van der Waals surface area contributed by atoms with E-state index in [0.717, 1.165) is 29.7 Å². The SMILES string of the molecule is Cc1ccc(C(CC(=O)O)NC(=O)c2ccc(N3CCN(C(=O)C4CC4)CC3)c(NC(=O)Cc3ccccc3)c2)cc1. The van der Waals surface area contributed by atoms with Gasteiger partial charge in [0.2, 0.25) is 11.8 Å². The van der Waals surface area contributed by atoms with Crippen molar-refractivity contribution in [1.82, 2.24) is 10.2 Å². The van der Waals surface area contributed by atoms with E-state index in [-0.39, 0.29) is 30.6 Å². The Balaban J connectivity index is 1.36. The van der Waals surface area contributed by atoms with Gasteiger partial charge in [-0.05, 0) is 49.1 Å². The second kappa shape index (κ2) is 12.9. The van der Waals surface area contributed by atoms with Crippen LogP contribution in [0.3, 0.4) is 0 Å². The summed E-state index contributed by atoms with van der Waals surface area (Å²) in [5.74, 6) is -1.28. The molecule has 1 aliphatic carbocycles. The van der Waals surface area contributed by atoms with Gasteiger partial charge in [0.25, 0.3) is 5.91 Å². The Morgan fingerprint density at radius 3 is 2.24 bits per heavy atom. The molecule has 2 aliphatic rings. The molecule has 0 bridgehead atoms. The molecule has 0 spiro atoms. The average Bonchev–Trinajstić information content (AvgIpc) is 3.83. The van der Waals surface area contributed by atoms with E-state index in [2.05, 4.69) is 15.5 Å². The summed E-state index contributed by atoms with van der Waals surface area (Å²) in [6.07, 6.45) is 1.85. The zero-order chi connectivity index (χ0) is 29.6. The lowest BCUT2D eigenvalue weighted by molar-refractivity contribution is -0.137. The van der Waals surface area contributed by atoms with E-state index in [1.165, 1.54) is 0 Å². The summed E-state index contributed by atoms with van der Waals surface area (Å²) in [4.78, 5) is 54.7. The maximum absolute atomic E-state index is 13.4. The van der Waals surface area contributed by atoms with Gasteiger partial charge in [-0.3, -0.25) is 19.2 Å². The van der Waals surface area contributed by atoms with Crippen molar-refractivity contribution >= 4 is 35.1 Å². The van der Waals surface area contributed by atoms with E-state index in [4.69, 9.17) is 0 Å². The Morgan fingerprint density at radius 2 is 1.60 bits per heavy atom. The zero-order valence-corrected chi connectivity index (χ0v) is 23.7. The van der Waals surface area contributed by atoms with E-state index in [0.29, 0.717) is 43.0 Å². The smallest absolute Gasteiger partial charge is 0.305 e. The number of carbonyl (C=O) groups excluding carboxylic acids is 3. The lowest BCUT2D eigenvalue weighted by Gasteiger charge is -2.37. The molecule has 3 aromatic rings. The first-order chi connectivity index (χ1) is 20.3. The number of nitrogens with one attached hydrogen (secondary N) is 2. The van der Waals surface area contributed by atoms with Crippen LogP contribution in [0.5, 0.6) is 0 Å². The van der Waals surface area contributed by atoms with E-state index < -0.39 is 17.9 Å². The van der Waals surface area contributed by atoms with Crippen LogP contribution in [-0.4, -0.2) is 59.9 Å². The number of aliphatic carboxylic acids is 1. The summed E-state index contributed by atoms with van der Waals surface area (Å²) >= 11 is 0. The molecule has 5 rings (SSSR count). The van der Waals surface area contributed by atoms with E-state index >= 15 is 0 Å². The van der Waals surface area contributed by atoms with Gasteiger partial charge in [-0.25, -0.2) is 0 Å². The van der Waals surface area contributed by atoms with Crippen LogP contribution in [0.15, 0.2) is 72.8 Å². The number of rotatable bonds is 10. The minimum Gasteiger partial charge on any atom is -0.481 e. The van der Waals surface area contributed by atoms with Crippen LogP contribution in [0.25, 0.3) is 0 Å². The fourth-order valence-electron chi connectivity index (χ4n) is 5.25. The molecule has 42 heavy (non-hydrogen) atoms. The molecule has 1 atom stereocenters. The van der Waals surface area contributed by atoms with Crippen molar-refractivity contribution < 1.29 is 24.3 Å². The molecule has 1 aliphatic heterocycles. The molecule has 1 heterocycles. The Labute approximate surface area is 245 Å². The van der Waals surface area contributed by atoms with Crippen LogP contribution >= 0.6 is 0 Å². The van der Waals surface area contributed by atoms with Crippen LogP contribution in [0, 0.1) is 12.8 Å². The van der Waals surface area contributed by atoms with Crippen molar-refractivity contribution in [3.8, 4) is 0 Å². The van der Waals surface area contributed by atoms with Crippen molar-refractivity contribution in [2.24, 2.45) is 5.92 Å². The highest BCUT2D eigenvalue weighted by molar-refractivity contribution is 6.00. The number of carboxylic acids is 1. The van der Waals surface area contributed by atoms with Crippen LogP contribution in [0.2, 0.25) is 0 Å². The molecule has 1 saturated heterocycles. The molecular weight excluding hydrogens is 532 g/mol. The first-order valence-electron chi connectivity index (χ1n) is 14.4. The predicted octanol–water partition coefficient (Wildman–Crippen LogP) is 4.18. The van der Waals surface area contributed by atoms with Gasteiger partial charge in [-0.2, -0.15) is 0 Å². The van der Waals surface area contributed by atoms with Crippen molar-refractivity contribution in [2.45, 2.75) is 38.6 Å². The molecule has 2 fully saturated rings. The second-order valence-corrected chi connectivity index (χ2v) is 11.1. The third kappa shape index (κ3) is 7.34. The normalized spacial score (nSPS) is 15.5. The number of carbonyl (C=O) groups is 4. The summed E-state index contributed by atoms with van der Waals surface area (Å²) in [5, 5.41) is 15.4. The van der Waals surface area contributed by atoms with Crippen LogP contribution in [0.1, 0.15) is 52.4 Å².